The minimum Gasteiger partial charge on any atom is -0.324 e. The summed E-state index contributed by atoms with van der Waals surface area (Å²) in [5, 5.41) is 21.9. The highest BCUT2D eigenvalue weighted by Gasteiger charge is 2.26. The van der Waals surface area contributed by atoms with Crippen molar-refractivity contribution in [2.24, 2.45) is 0 Å². The van der Waals surface area contributed by atoms with Crippen LogP contribution in [0.15, 0.2) is 84.9 Å². The maximum Gasteiger partial charge on any atom is 0.269 e. The van der Waals surface area contributed by atoms with Crippen molar-refractivity contribution in [1.82, 2.24) is 14.8 Å². The Labute approximate surface area is 198 Å². The molecule has 5 rings (SSSR count). The van der Waals surface area contributed by atoms with E-state index >= 15 is 0 Å². The molecule has 10 heteroatoms. The summed E-state index contributed by atoms with van der Waals surface area (Å²) in [4.78, 5) is 27.5. The normalized spacial score (nSPS) is 14.5. The Morgan fingerprint density at radius 1 is 1.03 bits per heavy atom. The van der Waals surface area contributed by atoms with Crippen LogP contribution in [-0.4, -0.2) is 25.6 Å². The third-order valence-electron chi connectivity index (χ3n) is 5.33. The molecule has 1 aliphatic heterocycles. The molecule has 0 aliphatic carbocycles. The predicted molar refractivity (Wildman–Crippen MR) is 129 cm³/mol. The van der Waals surface area contributed by atoms with Crippen LogP contribution in [0.1, 0.15) is 27.5 Å². The number of fused-ring (bicyclic) bond motifs is 1. The van der Waals surface area contributed by atoms with Crippen molar-refractivity contribution in [2.45, 2.75) is 6.04 Å². The molecule has 1 aliphatic rings. The monoisotopic (exact) mass is 472 g/mol. The number of anilines is 2. The van der Waals surface area contributed by atoms with Gasteiger partial charge >= 0.3 is 0 Å². The van der Waals surface area contributed by atoms with Gasteiger partial charge in [0.25, 0.3) is 17.5 Å². The Balaban J connectivity index is 1.46. The number of nitrogens with one attached hydrogen (secondary N) is 2. The molecule has 0 bridgehead atoms. The second-order valence-corrected chi connectivity index (χ2v) is 7.97. The number of nitro groups is 1. The number of halogens is 1. The van der Waals surface area contributed by atoms with Crippen molar-refractivity contribution in [2.75, 3.05) is 10.6 Å². The first-order valence-electron chi connectivity index (χ1n) is 10.3. The average molecular weight is 473 g/mol. The molecule has 3 aromatic carbocycles. The number of carbonyl (C=O) groups is 1. The van der Waals surface area contributed by atoms with Gasteiger partial charge in [-0.15, -0.1) is 5.10 Å². The molecule has 2 N–H and O–H groups in total. The lowest BCUT2D eigenvalue weighted by Gasteiger charge is -2.24. The molecule has 0 radical (unpaired) electrons. The van der Waals surface area contributed by atoms with E-state index in [2.05, 4.69) is 20.7 Å². The fourth-order valence-corrected chi connectivity index (χ4v) is 3.76. The molecule has 1 aromatic heterocycles. The van der Waals surface area contributed by atoms with Gasteiger partial charge in [-0.05, 0) is 41.5 Å². The number of amides is 1. The zero-order chi connectivity index (χ0) is 23.7. The van der Waals surface area contributed by atoms with Gasteiger partial charge < -0.3 is 5.32 Å². The largest absolute Gasteiger partial charge is 0.324 e. The summed E-state index contributed by atoms with van der Waals surface area (Å²) in [7, 11) is 0. The topological polar surface area (TPSA) is 115 Å². The summed E-state index contributed by atoms with van der Waals surface area (Å²) < 4.78 is 1.68. The number of carbonyl (C=O) groups excluding carboxylic acids is 1. The highest BCUT2D eigenvalue weighted by molar-refractivity contribution is 6.30. The van der Waals surface area contributed by atoms with Crippen LogP contribution in [0.5, 0.6) is 0 Å². The fraction of sp³-hybridized carbons (Fsp3) is 0.0417. The van der Waals surface area contributed by atoms with Crippen LogP contribution < -0.4 is 10.6 Å². The Bertz CT molecular complexity index is 1400. The molecule has 0 spiro atoms. The lowest BCUT2D eigenvalue weighted by Crippen LogP contribution is -2.20. The molecule has 4 aromatic rings. The van der Waals surface area contributed by atoms with Crippen LogP contribution in [0, 0.1) is 10.1 Å². The maximum absolute atomic E-state index is 12.7. The zero-order valence-corrected chi connectivity index (χ0v) is 18.3. The molecule has 168 valence electrons. The number of nitrogens with zero attached hydrogens (tertiary/aromatic N) is 4. The Hall–Kier alpha value is -4.50. The average Bonchev–Trinajstić information content (AvgIpc) is 3.27. The van der Waals surface area contributed by atoms with Gasteiger partial charge in [0, 0.05) is 28.4 Å². The number of non-ortho nitro benzene ring substituents is 1. The third-order valence-corrected chi connectivity index (χ3v) is 5.58. The maximum atomic E-state index is 12.7. The summed E-state index contributed by atoms with van der Waals surface area (Å²) in [6.07, 6.45) is 2.03. The van der Waals surface area contributed by atoms with E-state index in [9.17, 15) is 14.9 Å². The fourth-order valence-electron chi connectivity index (χ4n) is 3.64. The molecule has 0 fully saturated rings. The van der Waals surface area contributed by atoms with Gasteiger partial charge in [0.05, 0.1) is 4.92 Å². The zero-order valence-electron chi connectivity index (χ0n) is 17.6. The van der Waals surface area contributed by atoms with Gasteiger partial charge in [0.1, 0.15) is 6.04 Å². The van der Waals surface area contributed by atoms with E-state index in [4.69, 9.17) is 11.6 Å². The predicted octanol–water partition coefficient (Wildman–Crippen LogP) is 5.15. The number of hydrogen-bond donors (Lipinski definition) is 2. The minimum atomic E-state index is -0.521. The number of rotatable bonds is 5. The second kappa shape index (κ2) is 8.80. The van der Waals surface area contributed by atoms with Crippen molar-refractivity contribution < 1.29 is 9.72 Å². The molecule has 34 heavy (non-hydrogen) atoms. The lowest BCUT2D eigenvalue weighted by molar-refractivity contribution is -0.384. The summed E-state index contributed by atoms with van der Waals surface area (Å²) in [5.74, 6) is 0.0879. The summed E-state index contributed by atoms with van der Waals surface area (Å²) in [5.41, 5.74) is 2.94. The van der Waals surface area contributed by atoms with Crippen LogP contribution in [-0.2, 0) is 0 Å². The molecule has 9 nitrogen and oxygen atoms in total. The van der Waals surface area contributed by atoms with Gasteiger partial charge in [0.15, 0.2) is 0 Å². The number of nitro benzene ring substituents is 1. The summed E-state index contributed by atoms with van der Waals surface area (Å²) in [6.45, 7) is 0. The van der Waals surface area contributed by atoms with E-state index in [0.717, 1.165) is 16.8 Å². The highest BCUT2D eigenvalue weighted by Crippen LogP contribution is 2.33. The van der Waals surface area contributed by atoms with Crippen molar-refractivity contribution in [3.05, 3.63) is 117 Å². The molecule has 0 saturated carbocycles. The molecular weight excluding hydrogens is 456 g/mol. The second-order valence-electron chi connectivity index (χ2n) is 7.53. The Morgan fingerprint density at radius 3 is 2.41 bits per heavy atom. The van der Waals surface area contributed by atoms with Crippen molar-refractivity contribution in [3.63, 3.8) is 0 Å². The molecule has 0 unspecified atom stereocenters. The van der Waals surface area contributed by atoms with Gasteiger partial charge in [-0.3, -0.25) is 20.2 Å². The van der Waals surface area contributed by atoms with Crippen molar-refractivity contribution in [3.8, 4) is 0 Å². The number of hydrogen-bond acceptors (Lipinski definition) is 6. The van der Waals surface area contributed by atoms with E-state index in [1.54, 1.807) is 4.68 Å². The molecule has 1 amide bonds. The molecule has 1 atom stereocenters. The van der Waals surface area contributed by atoms with Crippen molar-refractivity contribution >= 4 is 40.8 Å². The Morgan fingerprint density at radius 2 is 1.74 bits per heavy atom. The van der Waals surface area contributed by atoms with Crippen LogP contribution in [0.3, 0.4) is 0 Å². The standard InChI is InChI=1S/C24H17ClN6O3/c25-18-10-6-16(7-11-18)21-14-20(15-4-2-1-3-5-15)26-24-28-23(29-30(21)24)27-22(32)17-8-12-19(13-9-17)31(33)34/h1-14,21H,(H2,26,27,28,29,32)/t21-/m0/s1. The van der Waals surface area contributed by atoms with Crippen LogP contribution in [0.2, 0.25) is 5.02 Å². The number of allylic oxidation sites excluding steroid dienone is 1. The van der Waals surface area contributed by atoms with Crippen LogP contribution >= 0.6 is 11.6 Å². The van der Waals surface area contributed by atoms with Crippen molar-refractivity contribution in [1.29, 1.82) is 0 Å². The molecule has 2 heterocycles. The van der Waals surface area contributed by atoms with E-state index in [1.165, 1.54) is 24.3 Å². The molecular formula is C24H17ClN6O3. The van der Waals surface area contributed by atoms with E-state index in [0.29, 0.717) is 11.0 Å². The van der Waals surface area contributed by atoms with Crippen LogP contribution in [0.4, 0.5) is 17.6 Å². The number of aromatic nitrogens is 3. The smallest absolute Gasteiger partial charge is 0.269 e. The van der Waals surface area contributed by atoms with Gasteiger partial charge in [-0.2, -0.15) is 4.98 Å². The first-order chi connectivity index (χ1) is 16.5. The van der Waals surface area contributed by atoms with Gasteiger partial charge in [-0.25, -0.2) is 4.68 Å². The van der Waals surface area contributed by atoms with Crippen LogP contribution in [0.25, 0.3) is 5.70 Å². The quantitative estimate of drug-likeness (QED) is 0.306. The molecule has 0 saturated heterocycles. The first-order valence-corrected chi connectivity index (χ1v) is 10.7. The van der Waals surface area contributed by atoms with E-state index in [-0.39, 0.29) is 23.2 Å². The minimum absolute atomic E-state index is 0.0957. The van der Waals surface area contributed by atoms with Gasteiger partial charge in [-0.1, -0.05) is 54.1 Å². The summed E-state index contributed by atoms with van der Waals surface area (Å²) in [6, 6.07) is 22.3. The van der Waals surface area contributed by atoms with E-state index < -0.39 is 10.8 Å². The lowest BCUT2D eigenvalue weighted by atomic mass is 10.0. The van der Waals surface area contributed by atoms with E-state index in [1.807, 2.05) is 60.7 Å². The SMILES string of the molecule is O=C(Nc1nc2n(n1)[C@H](c1ccc(Cl)cc1)C=C(c1ccccc1)N2)c1ccc([N+](=O)[O-])cc1. The third kappa shape index (κ3) is 4.24. The first kappa shape index (κ1) is 21.4. The Kier molecular flexibility index (Phi) is 5.52. The van der Waals surface area contributed by atoms with Gasteiger partial charge in [0.2, 0.25) is 5.95 Å². The highest BCUT2D eigenvalue weighted by atomic mass is 35.5. The number of benzene rings is 3. The summed E-state index contributed by atoms with van der Waals surface area (Å²) >= 11 is 6.07.